The maximum atomic E-state index is 11.5. The Balaban J connectivity index is 2.55. The van der Waals surface area contributed by atoms with Crippen LogP contribution in [0.2, 0.25) is 0 Å². The summed E-state index contributed by atoms with van der Waals surface area (Å²) in [5.41, 5.74) is 0.0777. The van der Waals surface area contributed by atoms with Crippen LogP contribution in [0, 0.1) is 0 Å². The monoisotopic (exact) mass is 258 g/mol. The molecule has 1 aromatic heterocycles. The maximum absolute atomic E-state index is 11.5. The Morgan fingerprint density at radius 3 is 2.82 bits per heavy atom. The van der Waals surface area contributed by atoms with Crippen LogP contribution in [0.3, 0.4) is 0 Å². The van der Waals surface area contributed by atoms with Crippen LogP contribution >= 0.6 is 0 Å². The van der Waals surface area contributed by atoms with E-state index < -0.39 is 15.7 Å². The van der Waals surface area contributed by atoms with E-state index in [4.69, 9.17) is 0 Å². The third-order valence-electron chi connectivity index (χ3n) is 2.18. The number of aromatic nitrogens is 1. The largest absolute Gasteiger partial charge is 0.505 e. The van der Waals surface area contributed by atoms with Gasteiger partial charge in [0.2, 0.25) is 0 Å². The molecule has 1 amide bonds. The van der Waals surface area contributed by atoms with E-state index in [0.29, 0.717) is 0 Å². The highest BCUT2D eigenvalue weighted by molar-refractivity contribution is 7.91. The number of rotatable bonds is 5. The van der Waals surface area contributed by atoms with E-state index in [1.54, 1.807) is 6.92 Å². The van der Waals surface area contributed by atoms with Crippen LogP contribution in [-0.2, 0) is 9.84 Å². The lowest BCUT2D eigenvalue weighted by Gasteiger charge is -2.06. The molecule has 0 aliphatic heterocycles. The van der Waals surface area contributed by atoms with Gasteiger partial charge in [-0.15, -0.1) is 0 Å². The first-order chi connectivity index (χ1) is 7.96. The molecule has 0 spiro atoms. The Kier molecular flexibility index (Phi) is 4.45. The van der Waals surface area contributed by atoms with Crippen molar-refractivity contribution < 1.29 is 18.3 Å². The molecule has 0 aliphatic carbocycles. The number of amides is 1. The summed E-state index contributed by atoms with van der Waals surface area (Å²) >= 11 is 0. The summed E-state index contributed by atoms with van der Waals surface area (Å²) < 4.78 is 22.3. The van der Waals surface area contributed by atoms with Gasteiger partial charge in [0.05, 0.1) is 17.5 Å². The SMILES string of the molecule is CCS(=O)(=O)CCNC(=O)c1ccncc1O. The number of carbonyl (C=O) groups is 1. The first-order valence-corrected chi connectivity index (χ1v) is 6.90. The molecule has 1 heterocycles. The standard InChI is InChI=1S/C10H14N2O4S/c1-2-17(15,16)6-5-12-10(14)8-3-4-11-7-9(8)13/h3-4,7,13H,2,5-6H2,1H3,(H,12,14). The van der Waals surface area contributed by atoms with E-state index in [2.05, 4.69) is 10.3 Å². The predicted octanol–water partition coefficient (Wildman–Crippen LogP) is -0.0483. The summed E-state index contributed by atoms with van der Waals surface area (Å²) in [5.74, 6) is -0.815. The molecule has 6 nitrogen and oxygen atoms in total. The Morgan fingerprint density at radius 1 is 1.53 bits per heavy atom. The first kappa shape index (κ1) is 13.4. The minimum absolute atomic E-state index is 0.0246. The van der Waals surface area contributed by atoms with Crippen molar-refractivity contribution in [3.8, 4) is 5.75 Å². The number of carbonyl (C=O) groups excluding carboxylic acids is 1. The second-order valence-corrected chi connectivity index (χ2v) is 5.86. The third kappa shape index (κ3) is 4.03. The predicted molar refractivity (Wildman–Crippen MR) is 62.6 cm³/mol. The average molecular weight is 258 g/mol. The van der Waals surface area contributed by atoms with Gasteiger partial charge in [0, 0.05) is 18.5 Å². The van der Waals surface area contributed by atoms with Gasteiger partial charge in [0.25, 0.3) is 5.91 Å². The summed E-state index contributed by atoms with van der Waals surface area (Å²) in [6.45, 7) is 1.57. The zero-order chi connectivity index (χ0) is 12.9. The van der Waals surface area contributed by atoms with Crippen molar-refractivity contribution in [1.29, 1.82) is 0 Å². The third-order valence-corrected chi connectivity index (χ3v) is 3.89. The molecule has 2 N–H and O–H groups in total. The summed E-state index contributed by atoms with van der Waals surface area (Å²) in [6, 6.07) is 1.36. The second kappa shape index (κ2) is 5.62. The molecule has 7 heteroatoms. The lowest BCUT2D eigenvalue weighted by Crippen LogP contribution is -2.29. The number of pyridine rings is 1. The van der Waals surface area contributed by atoms with Gasteiger partial charge < -0.3 is 10.4 Å². The van der Waals surface area contributed by atoms with Crippen LogP contribution < -0.4 is 5.32 Å². The van der Waals surface area contributed by atoms with Crippen LogP contribution in [0.4, 0.5) is 0 Å². The van der Waals surface area contributed by atoms with Crippen molar-refractivity contribution in [2.24, 2.45) is 0 Å². The smallest absolute Gasteiger partial charge is 0.255 e. The molecule has 0 aromatic carbocycles. The Morgan fingerprint density at radius 2 is 2.24 bits per heavy atom. The number of nitrogens with one attached hydrogen (secondary N) is 1. The molecule has 0 aliphatic rings. The summed E-state index contributed by atoms with van der Waals surface area (Å²) in [6.07, 6.45) is 2.52. The highest BCUT2D eigenvalue weighted by atomic mass is 32.2. The minimum atomic E-state index is -3.10. The van der Waals surface area contributed by atoms with Crippen molar-refractivity contribution in [3.63, 3.8) is 0 Å². The highest BCUT2D eigenvalue weighted by Crippen LogP contribution is 2.12. The molecule has 0 unspecified atom stereocenters. The average Bonchev–Trinajstić information content (AvgIpc) is 2.29. The van der Waals surface area contributed by atoms with Gasteiger partial charge in [-0.1, -0.05) is 6.92 Å². The number of hydrogen-bond donors (Lipinski definition) is 2. The topological polar surface area (TPSA) is 96.4 Å². The van der Waals surface area contributed by atoms with Crippen LogP contribution in [0.1, 0.15) is 17.3 Å². The van der Waals surface area contributed by atoms with E-state index in [9.17, 15) is 18.3 Å². The fourth-order valence-corrected chi connectivity index (χ4v) is 1.84. The van der Waals surface area contributed by atoms with E-state index >= 15 is 0 Å². The second-order valence-electron chi connectivity index (χ2n) is 3.39. The molecule has 0 saturated carbocycles. The minimum Gasteiger partial charge on any atom is -0.505 e. The fraction of sp³-hybridized carbons (Fsp3) is 0.400. The van der Waals surface area contributed by atoms with Crippen LogP contribution in [0.25, 0.3) is 0 Å². The molecule has 0 fully saturated rings. The molecule has 0 bridgehead atoms. The molecular weight excluding hydrogens is 244 g/mol. The summed E-state index contributed by atoms with van der Waals surface area (Å²) in [5, 5.41) is 11.8. The van der Waals surface area contributed by atoms with Gasteiger partial charge in [-0.3, -0.25) is 9.78 Å². The normalized spacial score (nSPS) is 11.1. The van der Waals surface area contributed by atoms with E-state index in [1.165, 1.54) is 12.3 Å². The van der Waals surface area contributed by atoms with Crippen LogP contribution in [-0.4, -0.2) is 42.5 Å². The molecule has 1 aromatic rings. The molecule has 0 atom stereocenters. The Bertz CT molecular complexity index is 499. The van der Waals surface area contributed by atoms with Crippen molar-refractivity contribution >= 4 is 15.7 Å². The van der Waals surface area contributed by atoms with Gasteiger partial charge in [-0.2, -0.15) is 0 Å². The van der Waals surface area contributed by atoms with Gasteiger partial charge in [-0.25, -0.2) is 8.42 Å². The van der Waals surface area contributed by atoms with E-state index in [-0.39, 0.29) is 29.4 Å². The fourth-order valence-electron chi connectivity index (χ4n) is 1.14. The Hall–Kier alpha value is -1.63. The zero-order valence-electron chi connectivity index (χ0n) is 9.38. The molecule has 0 radical (unpaired) electrons. The molecule has 0 saturated heterocycles. The highest BCUT2D eigenvalue weighted by Gasteiger charge is 2.12. The number of hydrogen-bond acceptors (Lipinski definition) is 5. The lowest BCUT2D eigenvalue weighted by atomic mass is 10.2. The zero-order valence-corrected chi connectivity index (χ0v) is 10.2. The number of aromatic hydroxyl groups is 1. The molecular formula is C10H14N2O4S. The number of nitrogens with zero attached hydrogens (tertiary/aromatic N) is 1. The van der Waals surface area contributed by atoms with E-state index in [0.717, 1.165) is 6.20 Å². The summed E-state index contributed by atoms with van der Waals surface area (Å²) in [4.78, 5) is 15.2. The summed E-state index contributed by atoms with van der Waals surface area (Å²) in [7, 11) is -3.10. The van der Waals surface area contributed by atoms with Crippen molar-refractivity contribution in [1.82, 2.24) is 10.3 Å². The lowest BCUT2D eigenvalue weighted by molar-refractivity contribution is 0.0953. The quantitative estimate of drug-likeness (QED) is 0.772. The van der Waals surface area contributed by atoms with Crippen molar-refractivity contribution in [2.75, 3.05) is 18.1 Å². The Labute approximate surface area is 99.6 Å². The van der Waals surface area contributed by atoms with Gasteiger partial charge in [0.1, 0.15) is 5.75 Å². The number of sulfone groups is 1. The maximum Gasteiger partial charge on any atom is 0.255 e. The molecule has 94 valence electrons. The van der Waals surface area contributed by atoms with Gasteiger partial charge >= 0.3 is 0 Å². The van der Waals surface area contributed by atoms with Crippen LogP contribution in [0.5, 0.6) is 5.75 Å². The molecule has 1 rings (SSSR count). The van der Waals surface area contributed by atoms with Gasteiger partial charge in [0.15, 0.2) is 9.84 Å². The first-order valence-electron chi connectivity index (χ1n) is 5.08. The molecule has 17 heavy (non-hydrogen) atoms. The van der Waals surface area contributed by atoms with Crippen LogP contribution in [0.15, 0.2) is 18.5 Å². The van der Waals surface area contributed by atoms with Crippen molar-refractivity contribution in [3.05, 3.63) is 24.0 Å². The van der Waals surface area contributed by atoms with E-state index in [1.807, 2.05) is 0 Å². The van der Waals surface area contributed by atoms with Crippen molar-refractivity contribution in [2.45, 2.75) is 6.92 Å². The van der Waals surface area contributed by atoms with Gasteiger partial charge in [-0.05, 0) is 6.07 Å².